The van der Waals surface area contributed by atoms with E-state index in [0.717, 1.165) is 29.6 Å². The zero-order valence-electron chi connectivity index (χ0n) is 15.6. The Morgan fingerprint density at radius 1 is 1.26 bits per heavy atom. The highest BCUT2D eigenvalue weighted by Gasteiger charge is 2.18. The van der Waals surface area contributed by atoms with Crippen LogP contribution in [0.2, 0.25) is 0 Å². The van der Waals surface area contributed by atoms with Gasteiger partial charge in [0.25, 0.3) is 5.91 Å². The maximum Gasteiger partial charge on any atom is 0.284 e. The Balaban J connectivity index is 2.06. The number of fused-ring (bicyclic) bond motifs is 1. The Bertz CT molecular complexity index is 965. The van der Waals surface area contributed by atoms with E-state index in [1.54, 1.807) is 16.7 Å². The molecule has 3 rings (SSSR count). The molecule has 27 heavy (non-hydrogen) atoms. The van der Waals surface area contributed by atoms with Crippen LogP contribution in [-0.4, -0.2) is 32.2 Å². The SMILES string of the molecule is CCCCOc1ccc(C)nc1Cn1c(C(N)=O)nc2ccc(CO)cc21. The van der Waals surface area contributed by atoms with E-state index in [4.69, 9.17) is 10.5 Å². The summed E-state index contributed by atoms with van der Waals surface area (Å²) in [7, 11) is 0. The summed E-state index contributed by atoms with van der Waals surface area (Å²) in [5.41, 5.74) is 9.21. The third-order valence-corrected chi connectivity index (χ3v) is 4.35. The van der Waals surface area contributed by atoms with Crippen LogP contribution in [-0.2, 0) is 13.2 Å². The summed E-state index contributed by atoms with van der Waals surface area (Å²) in [5.74, 6) is 0.227. The second-order valence-electron chi connectivity index (χ2n) is 6.47. The van der Waals surface area contributed by atoms with Gasteiger partial charge in [-0.25, -0.2) is 4.98 Å². The van der Waals surface area contributed by atoms with E-state index >= 15 is 0 Å². The lowest BCUT2D eigenvalue weighted by Gasteiger charge is -2.13. The van der Waals surface area contributed by atoms with Crippen LogP contribution in [0.5, 0.6) is 5.75 Å². The molecule has 0 aliphatic rings. The van der Waals surface area contributed by atoms with Crippen LogP contribution in [0.4, 0.5) is 0 Å². The molecule has 0 unspecified atom stereocenters. The molecule has 2 aromatic heterocycles. The number of ether oxygens (including phenoxy) is 1. The van der Waals surface area contributed by atoms with E-state index in [0.29, 0.717) is 30.1 Å². The van der Waals surface area contributed by atoms with Gasteiger partial charge in [0.1, 0.15) is 11.4 Å². The van der Waals surface area contributed by atoms with Crippen LogP contribution < -0.4 is 10.5 Å². The van der Waals surface area contributed by atoms with Gasteiger partial charge >= 0.3 is 0 Å². The van der Waals surface area contributed by atoms with E-state index in [2.05, 4.69) is 16.9 Å². The maximum atomic E-state index is 11.9. The van der Waals surface area contributed by atoms with Crippen molar-refractivity contribution in [3.63, 3.8) is 0 Å². The molecule has 0 fully saturated rings. The molecule has 7 heteroatoms. The summed E-state index contributed by atoms with van der Waals surface area (Å²) in [5, 5.41) is 9.44. The smallest absolute Gasteiger partial charge is 0.284 e. The minimum Gasteiger partial charge on any atom is -0.492 e. The van der Waals surface area contributed by atoms with Gasteiger partial charge in [-0.3, -0.25) is 9.78 Å². The van der Waals surface area contributed by atoms with E-state index in [1.807, 2.05) is 25.1 Å². The Hall–Kier alpha value is -2.93. The fourth-order valence-electron chi connectivity index (χ4n) is 2.93. The van der Waals surface area contributed by atoms with Gasteiger partial charge in [-0.2, -0.15) is 0 Å². The van der Waals surface area contributed by atoms with E-state index in [-0.39, 0.29) is 12.4 Å². The summed E-state index contributed by atoms with van der Waals surface area (Å²) >= 11 is 0. The Kier molecular flexibility index (Phi) is 5.71. The molecule has 0 saturated heterocycles. The number of hydrogen-bond acceptors (Lipinski definition) is 5. The van der Waals surface area contributed by atoms with Gasteiger partial charge in [-0.1, -0.05) is 19.4 Å². The maximum absolute atomic E-state index is 11.9. The molecule has 2 heterocycles. The predicted octanol–water partition coefficient (Wildman–Crippen LogP) is 2.56. The first-order valence-electron chi connectivity index (χ1n) is 9.02. The monoisotopic (exact) mass is 368 g/mol. The molecule has 3 aromatic rings. The summed E-state index contributed by atoms with van der Waals surface area (Å²) < 4.78 is 7.61. The average Bonchev–Trinajstić information content (AvgIpc) is 3.01. The molecule has 3 N–H and O–H groups in total. The number of imidazole rings is 1. The molecule has 7 nitrogen and oxygen atoms in total. The van der Waals surface area contributed by atoms with Gasteiger partial charge in [-0.15, -0.1) is 0 Å². The number of carbonyl (C=O) groups is 1. The molecule has 0 spiro atoms. The number of nitrogens with two attached hydrogens (primary N) is 1. The largest absolute Gasteiger partial charge is 0.492 e. The third kappa shape index (κ3) is 4.09. The Labute approximate surface area is 157 Å². The molecule has 0 radical (unpaired) electrons. The molecule has 0 bridgehead atoms. The molecular weight excluding hydrogens is 344 g/mol. The topological polar surface area (TPSA) is 103 Å². The fraction of sp³-hybridized carbons (Fsp3) is 0.350. The fourth-order valence-corrected chi connectivity index (χ4v) is 2.93. The number of unbranched alkanes of at least 4 members (excludes halogenated alkanes) is 1. The van der Waals surface area contributed by atoms with Crippen molar-refractivity contribution in [2.45, 2.75) is 39.8 Å². The van der Waals surface area contributed by atoms with Crippen molar-refractivity contribution < 1.29 is 14.6 Å². The number of primary amides is 1. The van der Waals surface area contributed by atoms with Crippen LogP contribution in [0.15, 0.2) is 30.3 Å². The molecule has 0 aliphatic carbocycles. The van der Waals surface area contributed by atoms with Crippen molar-refractivity contribution in [1.29, 1.82) is 0 Å². The number of aryl methyl sites for hydroxylation is 1. The highest BCUT2D eigenvalue weighted by atomic mass is 16.5. The standard InChI is InChI=1S/C20H24N4O3/c1-3-4-9-27-18-8-5-13(2)22-16(18)11-24-17-10-14(12-25)6-7-15(17)23-20(24)19(21)26/h5-8,10,25H,3-4,9,11-12H2,1-2H3,(H2,21,26). The predicted molar refractivity (Wildman–Crippen MR) is 103 cm³/mol. The lowest BCUT2D eigenvalue weighted by atomic mass is 10.2. The summed E-state index contributed by atoms with van der Waals surface area (Å²) in [6.45, 7) is 4.82. The van der Waals surface area contributed by atoms with E-state index < -0.39 is 5.91 Å². The number of aliphatic hydroxyl groups excluding tert-OH is 1. The van der Waals surface area contributed by atoms with Crippen LogP contribution in [0.25, 0.3) is 11.0 Å². The molecular formula is C20H24N4O3. The zero-order chi connectivity index (χ0) is 19.4. The highest BCUT2D eigenvalue weighted by Crippen LogP contribution is 2.24. The van der Waals surface area contributed by atoms with Crippen molar-refractivity contribution >= 4 is 16.9 Å². The van der Waals surface area contributed by atoms with E-state index in [1.165, 1.54) is 0 Å². The second-order valence-corrected chi connectivity index (χ2v) is 6.47. The minimum atomic E-state index is -0.613. The third-order valence-electron chi connectivity index (χ3n) is 4.35. The second kappa shape index (κ2) is 8.18. The molecule has 1 amide bonds. The highest BCUT2D eigenvalue weighted by molar-refractivity contribution is 5.93. The quantitative estimate of drug-likeness (QED) is 0.595. The van der Waals surface area contributed by atoms with Crippen LogP contribution in [0.1, 0.15) is 47.3 Å². The van der Waals surface area contributed by atoms with Crippen molar-refractivity contribution in [2.24, 2.45) is 5.73 Å². The molecule has 0 saturated carbocycles. The lowest BCUT2D eigenvalue weighted by Crippen LogP contribution is -2.19. The van der Waals surface area contributed by atoms with Crippen LogP contribution in [0, 0.1) is 6.92 Å². The van der Waals surface area contributed by atoms with Crippen LogP contribution in [0.3, 0.4) is 0 Å². The van der Waals surface area contributed by atoms with Crippen molar-refractivity contribution in [3.8, 4) is 5.75 Å². The summed E-state index contributed by atoms with van der Waals surface area (Å²) in [6, 6.07) is 9.15. The number of benzene rings is 1. The number of amides is 1. The Morgan fingerprint density at radius 2 is 2.07 bits per heavy atom. The normalized spacial score (nSPS) is 11.1. The van der Waals surface area contributed by atoms with Crippen molar-refractivity contribution in [1.82, 2.24) is 14.5 Å². The Morgan fingerprint density at radius 3 is 2.78 bits per heavy atom. The first-order valence-corrected chi connectivity index (χ1v) is 9.02. The van der Waals surface area contributed by atoms with Gasteiger partial charge in [0.2, 0.25) is 0 Å². The molecule has 0 aliphatic heterocycles. The molecule has 0 atom stereocenters. The molecule has 1 aromatic carbocycles. The number of aliphatic hydroxyl groups is 1. The number of carbonyl (C=O) groups excluding carboxylic acids is 1. The van der Waals surface area contributed by atoms with Gasteiger partial charge in [0.05, 0.1) is 30.8 Å². The number of pyridine rings is 1. The van der Waals surface area contributed by atoms with Crippen LogP contribution >= 0.6 is 0 Å². The van der Waals surface area contributed by atoms with Crippen molar-refractivity contribution in [3.05, 3.63) is 53.1 Å². The van der Waals surface area contributed by atoms with Gasteiger partial charge < -0.3 is 20.1 Å². The van der Waals surface area contributed by atoms with Gasteiger partial charge in [0.15, 0.2) is 5.82 Å². The zero-order valence-corrected chi connectivity index (χ0v) is 15.6. The van der Waals surface area contributed by atoms with Crippen molar-refractivity contribution in [2.75, 3.05) is 6.61 Å². The van der Waals surface area contributed by atoms with Gasteiger partial charge in [0, 0.05) is 5.69 Å². The average molecular weight is 368 g/mol. The van der Waals surface area contributed by atoms with Gasteiger partial charge in [-0.05, 0) is 43.2 Å². The number of rotatable bonds is 8. The first-order chi connectivity index (χ1) is 13.0. The minimum absolute atomic E-state index is 0.0961. The summed E-state index contributed by atoms with van der Waals surface area (Å²) in [4.78, 5) is 20.9. The lowest BCUT2D eigenvalue weighted by molar-refractivity contribution is 0.0987. The first kappa shape index (κ1) is 18.8. The van der Waals surface area contributed by atoms with E-state index in [9.17, 15) is 9.90 Å². The number of aromatic nitrogens is 3. The number of hydrogen-bond donors (Lipinski definition) is 2. The number of nitrogens with zero attached hydrogens (tertiary/aromatic N) is 3. The molecule has 142 valence electrons. The summed E-state index contributed by atoms with van der Waals surface area (Å²) in [6.07, 6.45) is 1.99.